The zero-order valence-electron chi connectivity index (χ0n) is 10.3. The maximum Gasteiger partial charge on any atom is 0.101 e. The first-order valence-corrected chi connectivity index (χ1v) is 6.44. The highest BCUT2D eigenvalue weighted by molar-refractivity contribution is 9.10. The van der Waals surface area contributed by atoms with Crippen molar-refractivity contribution in [3.63, 3.8) is 0 Å². The van der Waals surface area contributed by atoms with Crippen molar-refractivity contribution in [3.8, 4) is 6.07 Å². The summed E-state index contributed by atoms with van der Waals surface area (Å²) in [6.07, 6.45) is 0. The van der Waals surface area contributed by atoms with Gasteiger partial charge in [-0.25, -0.2) is 0 Å². The van der Waals surface area contributed by atoms with E-state index in [1.807, 2.05) is 24.3 Å². The van der Waals surface area contributed by atoms with Crippen LogP contribution in [0.15, 0.2) is 40.9 Å². The molecule has 0 fully saturated rings. The summed E-state index contributed by atoms with van der Waals surface area (Å²) in [6, 6.07) is 13.9. The van der Waals surface area contributed by atoms with Crippen molar-refractivity contribution in [2.75, 3.05) is 5.32 Å². The van der Waals surface area contributed by atoms with Gasteiger partial charge in [-0.3, -0.25) is 0 Å². The molecule has 2 nitrogen and oxygen atoms in total. The van der Waals surface area contributed by atoms with Crippen molar-refractivity contribution in [2.24, 2.45) is 0 Å². The van der Waals surface area contributed by atoms with Gasteiger partial charge in [-0.05, 0) is 49.2 Å². The van der Waals surface area contributed by atoms with Crippen LogP contribution < -0.4 is 5.32 Å². The lowest BCUT2D eigenvalue weighted by atomic mass is 10.1. The molecule has 1 N–H and O–H groups in total. The predicted octanol–water partition coefficient (Wildman–Crippen LogP) is 4.68. The zero-order valence-corrected chi connectivity index (χ0v) is 11.9. The van der Waals surface area contributed by atoms with Gasteiger partial charge in [0.1, 0.15) is 6.07 Å². The molecule has 0 heterocycles. The van der Waals surface area contributed by atoms with Crippen LogP contribution in [-0.4, -0.2) is 0 Å². The van der Waals surface area contributed by atoms with Gasteiger partial charge in [-0.15, -0.1) is 0 Å². The van der Waals surface area contributed by atoms with Gasteiger partial charge < -0.3 is 5.32 Å². The monoisotopic (exact) mass is 300 g/mol. The number of rotatable bonds is 2. The van der Waals surface area contributed by atoms with Crippen molar-refractivity contribution in [2.45, 2.75) is 13.8 Å². The molecule has 0 aliphatic rings. The summed E-state index contributed by atoms with van der Waals surface area (Å²) in [6.45, 7) is 4.15. The zero-order chi connectivity index (χ0) is 13.1. The van der Waals surface area contributed by atoms with E-state index in [4.69, 9.17) is 5.26 Å². The number of aryl methyl sites for hydroxylation is 1. The second kappa shape index (κ2) is 5.24. The Kier molecular flexibility index (Phi) is 3.69. The summed E-state index contributed by atoms with van der Waals surface area (Å²) < 4.78 is 0.953. The molecule has 2 aromatic carbocycles. The second-order valence-electron chi connectivity index (χ2n) is 4.17. The molecule has 0 radical (unpaired) electrons. The minimum atomic E-state index is 0.638. The smallest absolute Gasteiger partial charge is 0.101 e. The molecule has 3 heteroatoms. The molecule has 2 rings (SSSR count). The van der Waals surface area contributed by atoms with E-state index in [1.54, 1.807) is 6.07 Å². The van der Waals surface area contributed by atoms with Crippen molar-refractivity contribution in [3.05, 3.63) is 57.6 Å². The Morgan fingerprint density at radius 2 is 1.89 bits per heavy atom. The SMILES string of the molecule is Cc1cccc(Nc2cc(Br)ccc2C#N)c1C. The fourth-order valence-corrected chi connectivity index (χ4v) is 2.11. The van der Waals surface area contributed by atoms with Gasteiger partial charge in [0.05, 0.1) is 11.3 Å². The van der Waals surface area contributed by atoms with Gasteiger partial charge in [0.2, 0.25) is 0 Å². The Bertz CT molecular complexity index is 627. The van der Waals surface area contributed by atoms with Crippen LogP contribution in [0, 0.1) is 25.2 Å². The van der Waals surface area contributed by atoms with Gasteiger partial charge in [0, 0.05) is 10.2 Å². The summed E-state index contributed by atoms with van der Waals surface area (Å²) in [5.41, 5.74) is 4.92. The van der Waals surface area contributed by atoms with Crippen LogP contribution in [-0.2, 0) is 0 Å². The molecular weight excluding hydrogens is 288 g/mol. The fraction of sp³-hybridized carbons (Fsp3) is 0.133. The summed E-state index contributed by atoms with van der Waals surface area (Å²) in [5, 5.41) is 12.4. The van der Waals surface area contributed by atoms with Crippen molar-refractivity contribution < 1.29 is 0 Å². The quantitative estimate of drug-likeness (QED) is 0.874. The van der Waals surface area contributed by atoms with E-state index in [0.29, 0.717) is 5.56 Å². The first kappa shape index (κ1) is 12.7. The highest BCUT2D eigenvalue weighted by Gasteiger charge is 2.05. The van der Waals surface area contributed by atoms with Crippen molar-refractivity contribution in [1.82, 2.24) is 0 Å². The molecule has 0 aliphatic carbocycles. The molecule has 0 aliphatic heterocycles. The number of nitrogens with one attached hydrogen (secondary N) is 1. The van der Waals surface area contributed by atoms with Gasteiger partial charge in [0.25, 0.3) is 0 Å². The molecule has 0 saturated heterocycles. The Morgan fingerprint density at radius 3 is 2.61 bits per heavy atom. The molecule has 0 saturated carbocycles. The number of nitrogens with zero attached hydrogens (tertiary/aromatic N) is 1. The molecule has 90 valence electrons. The van der Waals surface area contributed by atoms with E-state index in [-0.39, 0.29) is 0 Å². The molecule has 2 aromatic rings. The second-order valence-corrected chi connectivity index (χ2v) is 5.09. The van der Waals surface area contributed by atoms with E-state index < -0.39 is 0 Å². The van der Waals surface area contributed by atoms with Gasteiger partial charge in [-0.1, -0.05) is 28.1 Å². The Labute approximate surface area is 115 Å². The van der Waals surface area contributed by atoms with Crippen LogP contribution in [0.25, 0.3) is 0 Å². The molecular formula is C15H13BrN2. The van der Waals surface area contributed by atoms with Gasteiger partial charge in [0.15, 0.2) is 0 Å². The predicted molar refractivity (Wildman–Crippen MR) is 78.1 cm³/mol. The van der Waals surface area contributed by atoms with E-state index >= 15 is 0 Å². The van der Waals surface area contributed by atoms with Crippen LogP contribution in [0.3, 0.4) is 0 Å². The van der Waals surface area contributed by atoms with Crippen molar-refractivity contribution >= 4 is 27.3 Å². The van der Waals surface area contributed by atoms with Crippen LogP contribution in [0.2, 0.25) is 0 Å². The average Bonchev–Trinajstić information content (AvgIpc) is 2.35. The minimum Gasteiger partial charge on any atom is -0.354 e. The van der Waals surface area contributed by atoms with E-state index in [1.165, 1.54) is 11.1 Å². The Balaban J connectivity index is 2.43. The summed E-state index contributed by atoms with van der Waals surface area (Å²) >= 11 is 3.42. The fourth-order valence-electron chi connectivity index (χ4n) is 1.75. The molecule has 0 amide bonds. The summed E-state index contributed by atoms with van der Waals surface area (Å²) in [7, 11) is 0. The topological polar surface area (TPSA) is 35.8 Å². The lowest BCUT2D eigenvalue weighted by Gasteiger charge is -2.12. The van der Waals surface area contributed by atoms with Gasteiger partial charge in [-0.2, -0.15) is 5.26 Å². The van der Waals surface area contributed by atoms with Crippen molar-refractivity contribution in [1.29, 1.82) is 5.26 Å². The third-order valence-corrected chi connectivity index (χ3v) is 3.47. The standard InChI is InChI=1S/C15H13BrN2/c1-10-4-3-5-14(11(10)2)18-15-8-13(16)7-6-12(15)9-17/h3-8,18H,1-2H3. The molecule has 0 unspecified atom stereocenters. The van der Waals surface area contributed by atoms with Crippen LogP contribution in [0.5, 0.6) is 0 Å². The van der Waals surface area contributed by atoms with Crippen LogP contribution in [0.1, 0.15) is 16.7 Å². The maximum atomic E-state index is 9.11. The summed E-state index contributed by atoms with van der Waals surface area (Å²) in [5.74, 6) is 0. The first-order chi connectivity index (χ1) is 8.61. The molecule has 0 atom stereocenters. The minimum absolute atomic E-state index is 0.638. The van der Waals surface area contributed by atoms with E-state index in [0.717, 1.165) is 15.8 Å². The highest BCUT2D eigenvalue weighted by Crippen LogP contribution is 2.27. The number of benzene rings is 2. The molecule has 0 spiro atoms. The van der Waals surface area contributed by atoms with Gasteiger partial charge >= 0.3 is 0 Å². The third kappa shape index (κ3) is 2.55. The maximum absolute atomic E-state index is 9.11. The molecule has 18 heavy (non-hydrogen) atoms. The number of nitriles is 1. The largest absolute Gasteiger partial charge is 0.354 e. The number of hydrogen-bond donors (Lipinski definition) is 1. The Hall–Kier alpha value is -1.79. The average molecular weight is 301 g/mol. The molecule has 0 bridgehead atoms. The molecule has 0 aromatic heterocycles. The lowest BCUT2D eigenvalue weighted by molar-refractivity contribution is 1.33. The van der Waals surface area contributed by atoms with Crippen LogP contribution >= 0.6 is 15.9 Å². The normalized spacial score (nSPS) is 9.89. The Morgan fingerprint density at radius 1 is 1.11 bits per heavy atom. The summed E-state index contributed by atoms with van der Waals surface area (Å²) in [4.78, 5) is 0. The van der Waals surface area contributed by atoms with Crippen LogP contribution in [0.4, 0.5) is 11.4 Å². The number of anilines is 2. The first-order valence-electron chi connectivity index (χ1n) is 5.64. The number of halogens is 1. The highest BCUT2D eigenvalue weighted by atomic mass is 79.9. The van der Waals surface area contributed by atoms with E-state index in [9.17, 15) is 0 Å². The lowest BCUT2D eigenvalue weighted by Crippen LogP contribution is -1.97. The van der Waals surface area contributed by atoms with E-state index in [2.05, 4.69) is 47.2 Å². The third-order valence-electron chi connectivity index (χ3n) is 2.98. The number of hydrogen-bond acceptors (Lipinski definition) is 2.